The highest BCUT2D eigenvalue weighted by Gasteiger charge is 2.63. The number of hydrogen-bond acceptors (Lipinski definition) is 4. The molecule has 2 fully saturated rings. The second-order valence-electron chi connectivity index (χ2n) is 8.06. The maximum Gasteiger partial charge on any atom is 0.340 e. The zero-order valence-corrected chi connectivity index (χ0v) is 16.4. The van der Waals surface area contributed by atoms with Crippen LogP contribution < -0.4 is 5.32 Å². The van der Waals surface area contributed by atoms with Crippen LogP contribution >= 0.6 is 0 Å². The number of amides is 1. The Bertz CT molecular complexity index is 798. The fourth-order valence-corrected chi connectivity index (χ4v) is 4.46. The van der Waals surface area contributed by atoms with Crippen molar-refractivity contribution in [3.63, 3.8) is 0 Å². The maximum atomic E-state index is 13.3. The number of ether oxygens (including phenoxy) is 1. The van der Waals surface area contributed by atoms with Crippen molar-refractivity contribution in [3.8, 4) is 6.07 Å². The Kier molecular flexibility index (Phi) is 5.25. The van der Waals surface area contributed by atoms with E-state index in [2.05, 4.69) is 18.4 Å². The topological polar surface area (TPSA) is 79.2 Å². The van der Waals surface area contributed by atoms with E-state index < -0.39 is 11.5 Å². The van der Waals surface area contributed by atoms with E-state index in [1.54, 1.807) is 13.0 Å². The normalized spacial score (nSPS) is 20.1. The van der Waals surface area contributed by atoms with Gasteiger partial charge < -0.3 is 14.5 Å². The average molecular weight is 370 g/mol. The van der Waals surface area contributed by atoms with Crippen molar-refractivity contribution in [1.82, 2.24) is 0 Å². The molecule has 1 aromatic carbocycles. The number of carbonyl (C=O) groups excluding carboxylic acids is 2. The third-order valence-electron chi connectivity index (χ3n) is 6.34. The van der Waals surface area contributed by atoms with E-state index in [-0.39, 0.29) is 11.5 Å². The molecule has 1 aliphatic carbocycles. The van der Waals surface area contributed by atoms with Crippen molar-refractivity contribution in [2.45, 2.75) is 51.0 Å². The van der Waals surface area contributed by atoms with Crippen LogP contribution in [0.3, 0.4) is 0 Å². The first-order valence-corrected chi connectivity index (χ1v) is 9.66. The van der Waals surface area contributed by atoms with Crippen molar-refractivity contribution >= 4 is 17.6 Å². The van der Waals surface area contributed by atoms with Gasteiger partial charge in [0.25, 0.3) is 5.91 Å². The molecule has 1 saturated carbocycles. The van der Waals surface area contributed by atoms with Crippen molar-refractivity contribution in [3.05, 3.63) is 28.8 Å². The monoisotopic (exact) mass is 370 g/mol. The summed E-state index contributed by atoms with van der Waals surface area (Å²) in [6.45, 7) is 3.83. The number of likely N-dealkylation sites (N-methyl/N-ethyl adjacent to an activating group) is 1. The minimum Gasteiger partial charge on any atom is -0.465 e. The highest BCUT2D eigenvalue weighted by Crippen LogP contribution is 2.48. The number of aryl methyl sites for hydroxylation is 1. The Morgan fingerprint density at radius 1 is 1.19 bits per heavy atom. The number of anilines is 1. The van der Waals surface area contributed by atoms with Crippen LogP contribution in [0, 0.1) is 18.3 Å². The van der Waals surface area contributed by atoms with Crippen LogP contribution in [0.5, 0.6) is 0 Å². The predicted octanol–water partition coefficient (Wildman–Crippen LogP) is 3.15. The molecule has 1 aromatic rings. The number of benzene rings is 1. The Morgan fingerprint density at radius 2 is 1.81 bits per heavy atom. The van der Waals surface area contributed by atoms with Crippen molar-refractivity contribution in [1.29, 1.82) is 5.26 Å². The van der Waals surface area contributed by atoms with Gasteiger partial charge in [-0.2, -0.15) is 5.26 Å². The second kappa shape index (κ2) is 7.32. The third-order valence-corrected chi connectivity index (χ3v) is 6.34. The number of nitriles is 1. The number of rotatable bonds is 4. The van der Waals surface area contributed by atoms with E-state index >= 15 is 0 Å². The zero-order chi connectivity index (χ0) is 19.7. The molecule has 0 atom stereocenters. The Labute approximate surface area is 160 Å². The van der Waals surface area contributed by atoms with E-state index in [1.165, 1.54) is 26.0 Å². The Hall–Kier alpha value is -2.39. The van der Waals surface area contributed by atoms with Gasteiger partial charge in [-0.25, -0.2) is 4.79 Å². The molecule has 3 rings (SSSR count). The standard InChI is InChI=1S/C21H27N3O3/c1-15-12-16(14-22)13-17(19(25)27-3)18(15)23-20(26)21(8-9-21)24(2)10-6-4-5-7-11-24/h12-13H,4-11H2,1-3H3/p+1. The fourth-order valence-electron chi connectivity index (χ4n) is 4.46. The Morgan fingerprint density at radius 3 is 2.33 bits per heavy atom. The molecule has 27 heavy (non-hydrogen) atoms. The number of nitrogens with zero attached hydrogens (tertiary/aromatic N) is 2. The highest BCUT2D eigenvalue weighted by atomic mass is 16.5. The summed E-state index contributed by atoms with van der Waals surface area (Å²) >= 11 is 0. The number of hydrogen-bond donors (Lipinski definition) is 1. The predicted molar refractivity (Wildman–Crippen MR) is 102 cm³/mol. The highest BCUT2D eigenvalue weighted by molar-refractivity contribution is 6.06. The molecule has 1 aliphatic heterocycles. The van der Waals surface area contributed by atoms with Gasteiger partial charge in [-0.15, -0.1) is 0 Å². The molecule has 1 N–H and O–H groups in total. The van der Waals surface area contributed by atoms with Gasteiger partial charge in [-0.3, -0.25) is 4.79 Å². The number of esters is 1. The summed E-state index contributed by atoms with van der Waals surface area (Å²) in [7, 11) is 3.50. The first-order valence-electron chi connectivity index (χ1n) is 9.66. The number of carbonyl (C=O) groups is 2. The summed E-state index contributed by atoms with van der Waals surface area (Å²) in [5.41, 5.74) is 1.35. The summed E-state index contributed by atoms with van der Waals surface area (Å²) in [6.07, 6.45) is 6.50. The SMILES string of the molecule is COC(=O)c1cc(C#N)cc(C)c1NC(=O)C1([N+]2(C)CCCCCC2)CC1. The number of nitrogens with one attached hydrogen (secondary N) is 1. The van der Waals surface area contributed by atoms with Crippen LogP contribution in [-0.2, 0) is 9.53 Å². The number of quaternary nitrogens is 1. The molecular weight excluding hydrogens is 342 g/mol. The molecule has 0 bridgehead atoms. The van der Waals surface area contributed by atoms with Gasteiger partial charge in [-0.05, 0) is 50.3 Å². The number of likely N-dealkylation sites (tertiary alicyclic amines) is 1. The summed E-state index contributed by atoms with van der Waals surface area (Å²) in [6, 6.07) is 5.22. The first kappa shape index (κ1) is 19.4. The first-order chi connectivity index (χ1) is 12.9. The lowest BCUT2D eigenvalue weighted by molar-refractivity contribution is -0.933. The van der Waals surface area contributed by atoms with Crippen LogP contribution in [0.2, 0.25) is 0 Å². The zero-order valence-electron chi connectivity index (χ0n) is 16.4. The van der Waals surface area contributed by atoms with Gasteiger partial charge >= 0.3 is 5.97 Å². The maximum absolute atomic E-state index is 13.3. The summed E-state index contributed by atoms with van der Waals surface area (Å²) in [4.78, 5) is 25.6. The third kappa shape index (κ3) is 3.44. The lowest BCUT2D eigenvalue weighted by Gasteiger charge is -2.41. The molecule has 0 spiro atoms. The summed E-state index contributed by atoms with van der Waals surface area (Å²) < 4.78 is 5.64. The van der Waals surface area contributed by atoms with E-state index in [0.29, 0.717) is 16.8 Å². The second-order valence-corrected chi connectivity index (χ2v) is 8.06. The molecule has 1 saturated heterocycles. The minimum absolute atomic E-state index is 0.0233. The van der Waals surface area contributed by atoms with Gasteiger partial charge in [0.1, 0.15) is 0 Å². The quantitative estimate of drug-likeness (QED) is 0.652. The van der Waals surface area contributed by atoms with Gasteiger partial charge in [-0.1, -0.05) is 0 Å². The average Bonchev–Trinajstić information content (AvgIpc) is 3.48. The molecule has 2 aliphatic rings. The van der Waals surface area contributed by atoms with Gasteiger partial charge in [0.15, 0.2) is 5.54 Å². The van der Waals surface area contributed by atoms with E-state index in [1.807, 2.05) is 0 Å². The molecular formula is C21H28N3O3+. The van der Waals surface area contributed by atoms with Crippen LogP contribution in [0.15, 0.2) is 12.1 Å². The van der Waals surface area contributed by atoms with Gasteiger partial charge in [0.2, 0.25) is 0 Å². The molecule has 1 heterocycles. The van der Waals surface area contributed by atoms with Crippen LogP contribution in [0.25, 0.3) is 0 Å². The molecule has 144 valence electrons. The largest absolute Gasteiger partial charge is 0.465 e. The lowest BCUT2D eigenvalue weighted by atomic mass is 10.0. The molecule has 0 radical (unpaired) electrons. The van der Waals surface area contributed by atoms with Gasteiger partial charge in [0, 0.05) is 12.8 Å². The van der Waals surface area contributed by atoms with Crippen LogP contribution in [-0.4, -0.2) is 49.1 Å². The lowest BCUT2D eigenvalue weighted by Crippen LogP contribution is -2.60. The molecule has 0 aromatic heterocycles. The summed E-state index contributed by atoms with van der Waals surface area (Å²) in [5.74, 6) is -0.574. The number of methoxy groups -OCH3 is 1. The molecule has 6 nitrogen and oxygen atoms in total. The van der Waals surface area contributed by atoms with E-state index in [9.17, 15) is 14.9 Å². The molecule has 6 heteroatoms. The van der Waals surface area contributed by atoms with E-state index in [0.717, 1.165) is 43.3 Å². The van der Waals surface area contributed by atoms with Crippen molar-refractivity contribution in [2.24, 2.45) is 0 Å². The minimum atomic E-state index is -0.550. The van der Waals surface area contributed by atoms with Crippen molar-refractivity contribution in [2.75, 3.05) is 32.6 Å². The fraction of sp³-hybridized carbons (Fsp3) is 0.571. The van der Waals surface area contributed by atoms with E-state index in [4.69, 9.17) is 4.74 Å². The van der Waals surface area contributed by atoms with Crippen molar-refractivity contribution < 1.29 is 18.8 Å². The molecule has 0 unspecified atom stereocenters. The smallest absolute Gasteiger partial charge is 0.340 e. The van der Waals surface area contributed by atoms with Gasteiger partial charge in [0.05, 0.1) is 50.1 Å². The summed E-state index contributed by atoms with van der Waals surface area (Å²) in [5, 5.41) is 12.2. The van der Waals surface area contributed by atoms with Crippen LogP contribution in [0.4, 0.5) is 5.69 Å². The molecule has 1 amide bonds. The van der Waals surface area contributed by atoms with Crippen LogP contribution in [0.1, 0.15) is 60.0 Å². The Balaban J connectivity index is 1.92.